The first-order valence-corrected chi connectivity index (χ1v) is 7.36. The second kappa shape index (κ2) is 6.94. The summed E-state index contributed by atoms with van der Waals surface area (Å²) in [6.07, 6.45) is -3.60. The lowest BCUT2D eigenvalue weighted by Gasteiger charge is -2.11. The van der Waals surface area contributed by atoms with Gasteiger partial charge in [0.15, 0.2) is 5.82 Å². The molecule has 5 nitrogen and oxygen atoms in total. The number of nitrogens with zero attached hydrogens (tertiary/aromatic N) is 3. The number of halogens is 4. The molecule has 9 heteroatoms. The van der Waals surface area contributed by atoms with Gasteiger partial charge in [0.05, 0.1) is 0 Å². The van der Waals surface area contributed by atoms with Crippen LogP contribution in [0, 0.1) is 0 Å². The number of nitrogens with one attached hydrogen (secondary N) is 1. The molecule has 0 saturated heterocycles. The lowest BCUT2D eigenvalue weighted by molar-refractivity contribution is -0.274. The molecular formula is C16H10ClF3N4O. The van der Waals surface area contributed by atoms with E-state index in [2.05, 4.69) is 25.0 Å². The Balaban J connectivity index is 1.86. The molecule has 0 amide bonds. The molecule has 25 heavy (non-hydrogen) atoms. The Bertz CT molecular complexity index is 875. The van der Waals surface area contributed by atoms with E-state index in [9.17, 15) is 13.2 Å². The quantitative estimate of drug-likeness (QED) is 0.670. The zero-order chi connectivity index (χ0) is 17.9. The van der Waals surface area contributed by atoms with Gasteiger partial charge in [-0.05, 0) is 6.07 Å². The Morgan fingerprint density at radius 3 is 2.44 bits per heavy atom. The highest BCUT2D eigenvalue weighted by molar-refractivity contribution is 6.29. The van der Waals surface area contributed by atoms with Crippen molar-refractivity contribution in [1.29, 1.82) is 0 Å². The van der Waals surface area contributed by atoms with Gasteiger partial charge in [0, 0.05) is 23.9 Å². The Morgan fingerprint density at radius 1 is 0.960 bits per heavy atom. The maximum Gasteiger partial charge on any atom is 0.573 e. The van der Waals surface area contributed by atoms with Gasteiger partial charge in [-0.1, -0.05) is 41.9 Å². The van der Waals surface area contributed by atoms with Crippen LogP contribution < -0.4 is 10.1 Å². The highest BCUT2D eigenvalue weighted by Gasteiger charge is 2.31. The van der Waals surface area contributed by atoms with Crippen LogP contribution in [0.2, 0.25) is 5.15 Å². The first-order valence-electron chi connectivity index (χ1n) is 6.98. The third-order valence-electron chi connectivity index (χ3n) is 2.95. The van der Waals surface area contributed by atoms with Gasteiger partial charge in [0.25, 0.3) is 0 Å². The maximum atomic E-state index is 12.3. The average Bonchev–Trinajstić information content (AvgIpc) is 2.54. The Morgan fingerprint density at radius 2 is 1.72 bits per heavy atom. The number of aromatic nitrogens is 3. The molecule has 1 aromatic carbocycles. The summed E-state index contributed by atoms with van der Waals surface area (Å²) in [5.74, 6) is 0.387. The number of rotatable bonds is 4. The van der Waals surface area contributed by atoms with Crippen molar-refractivity contribution in [3.8, 4) is 17.1 Å². The molecule has 2 heterocycles. The third-order valence-corrected chi connectivity index (χ3v) is 3.14. The third kappa shape index (κ3) is 4.80. The van der Waals surface area contributed by atoms with Gasteiger partial charge in [0.1, 0.15) is 22.5 Å². The molecule has 0 aliphatic rings. The summed E-state index contributed by atoms with van der Waals surface area (Å²) >= 11 is 6.00. The van der Waals surface area contributed by atoms with Gasteiger partial charge in [-0.15, -0.1) is 13.2 Å². The van der Waals surface area contributed by atoms with Crippen LogP contribution in [0.3, 0.4) is 0 Å². The molecule has 128 valence electrons. The molecule has 0 fully saturated rings. The molecule has 0 spiro atoms. The summed E-state index contributed by atoms with van der Waals surface area (Å²) in [6, 6.07) is 12.8. The van der Waals surface area contributed by atoms with Crippen LogP contribution in [-0.4, -0.2) is 21.3 Å². The van der Waals surface area contributed by atoms with Crippen LogP contribution in [0.4, 0.5) is 24.8 Å². The van der Waals surface area contributed by atoms with Crippen LogP contribution >= 0.6 is 11.6 Å². The summed E-state index contributed by atoms with van der Waals surface area (Å²) in [7, 11) is 0. The summed E-state index contributed by atoms with van der Waals surface area (Å²) in [5, 5.41) is 2.97. The molecule has 0 radical (unpaired) electrons. The van der Waals surface area contributed by atoms with Crippen LogP contribution in [0.25, 0.3) is 11.4 Å². The van der Waals surface area contributed by atoms with E-state index in [1.807, 2.05) is 30.3 Å². The molecule has 0 saturated carbocycles. The second-order valence-corrected chi connectivity index (χ2v) is 5.20. The largest absolute Gasteiger partial charge is 0.573 e. The number of hydrogen-bond acceptors (Lipinski definition) is 5. The summed E-state index contributed by atoms with van der Waals surface area (Å²) in [5.41, 5.74) is 0.746. The van der Waals surface area contributed by atoms with Crippen molar-refractivity contribution in [1.82, 2.24) is 15.0 Å². The van der Waals surface area contributed by atoms with E-state index < -0.39 is 12.1 Å². The van der Waals surface area contributed by atoms with Crippen molar-refractivity contribution < 1.29 is 17.9 Å². The number of benzene rings is 1. The van der Waals surface area contributed by atoms with E-state index in [-0.39, 0.29) is 16.8 Å². The lowest BCUT2D eigenvalue weighted by atomic mass is 10.2. The fourth-order valence-electron chi connectivity index (χ4n) is 2.01. The molecular weight excluding hydrogens is 357 g/mol. The van der Waals surface area contributed by atoms with E-state index in [4.69, 9.17) is 11.6 Å². The van der Waals surface area contributed by atoms with E-state index in [1.165, 1.54) is 12.3 Å². The van der Waals surface area contributed by atoms with E-state index in [0.29, 0.717) is 5.82 Å². The van der Waals surface area contributed by atoms with Crippen molar-refractivity contribution in [2.45, 2.75) is 6.36 Å². The number of anilines is 2. The smallest absolute Gasteiger partial charge is 0.406 e. The monoisotopic (exact) mass is 366 g/mol. The number of ether oxygens (including phenoxy) is 1. The predicted molar refractivity (Wildman–Crippen MR) is 86.7 cm³/mol. The normalized spacial score (nSPS) is 11.2. The van der Waals surface area contributed by atoms with E-state index in [0.717, 1.165) is 17.7 Å². The summed E-state index contributed by atoms with van der Waals surface area (Å²) < 4.78 is 40.7. The average molecular weight is 367 g/mol. The lowest BCUT2D eigenvalue weighted by Crippen LogP contribution is -2.17. The highest BCUT2D eigenvalue weighted by atomic mass is 35.5. The van der Waals surface area contributed by atoms with Gasteiger partial charge in [-0.25, -0.2) is 15.0 Å². The fraction of sp³-hybridized carbons (Fsp3) is 0.0625. The standard InChI is InChI=1S/C16H10ClF3N4O/c17-12-9-14(24-15(22-12)10-4-2-1-3-5-10)23-13-8-11(6-7-21-13)25-16(18,19)20/h1-9H,(H,21,22,23,24). The van der Waals surface area contributed by atoms with Crippen LogP contribution in [0.5, 0.6) is 5.75 Å². The van der Waals surface area contributed by atoms with Crippen LogP contribution in [0.1, 0.15) is 0 Å². The molecule has 0 atom stereocenters. The minimum Gasteiger partial charge on any atom is -0.406 e. The van der Waals surface area contributed by atoms with Gasteiger partial charge < -0.3 is 10.1 Å². The van der Waals surface area contributed by atoms with Gasteiger partial charge in [0.2, 0.25) is 0 Å². The van der Waals surface area contributed by atoms with Crippen molar-refractivity contribution >= 4 is 23.2 Å². The molecule has 2 aromatic heterocycles. The number of pyridine rings is 1. The van der Waals surface area contributed by atoms with Crippen molar-refractivity contribution in [3.05, 3.63) is 59.9 Å². The SMILES string of the molecule is FC(F)(F)Oc1ccnc(Nc2cc(Cl)nc(-c3ccccc3)n2)c1. The van der Waals surface area contributed by atoms with Gasteiger partial charge in [-0.2, -0.15) is 0 Å². The molecule has 1 N–H and O–H groups in total. The minimum absolute atomic E-state index is 0.121. The minimum atomic E-state index is -4.78. The van der Waals surface area contributed by atoms with Gasteiger partial charge in [-0.3, -0.25) is 0 Å². The zero-order valence-electron chi connectivity index (χ0n) is 12.5. The summed E-state index contributed by atoms with van der Waals surface area (Å²) in [6.45, 7) is 0. The van der Waals surface area contributed by atoms with Crippen molar-refractivity contribution in [3.63, 3.8) is 0 Å². The molecule has 3 aromatic rings. The van der Waals surface area contributed by atoms with Crippen LogP contribution in [0.15, 0.2) is 54.7 Å². The Labute approximate surface area is 145 Å². The highest BCUT2D eigenvalue weighted by Crippen LogP contribution is 2.26. The van der Waals surface area contributed by atoms with Crippen molar-refractivity contribution in [2.75, 3.05) is 5.32 Å². The molecule has 0 aliphatic carbocycles. The molecule has 0 aliphatic heterocycles. The zero-order valence-corrected chi connectivity index (χ0v) is 13.2. The second-order valence-electron chi connectivity index (χ2n) is 4.82. The Kier molecular flexibility index (Phi) is 4.71. The van der Waals surface area contributed by atoms with E-state index >= 15 is 0 Å². The topological polar surface area (TPSA) is 59.9 Å². The van der Waals surface area contributed by atoms with Gasteiger partial charge >= 0.3 is 6.36 Å². The number of hydrogen-bond donors (Lipinski definition) is 1. The number of alkyl halides is 3. The first kappa shape index (κ1) is 17.0. The van der Waals surface area contributed by atoms with E-state index in [1.54, 1.807) is 0 Å². The van der Waals surface area contributed by atoms with Crippen molar-refractivity contribution in [2.24, 2.45) is 0 Å². The Hall–Kier alpha value is -2.87. The maximum absolute atomic E-state index is 12.3. The molecule has 3 rings (SSSR count). The first-order chi connectivity index (χ1) is 11.9. The molecule has 0 bridgehead atoms. The fourth-order valence-corrected chi connectivity index (χ4v) is 2.19. The summed E-state index contributed by atoms with van der Waals surface area (Å²) in [4.78, 5) is 12.4. The van der Waals surface area contributed by atoms with Crippen LogP contribution in [-0.2, 0) is 0 Å². The predicted octanol–water partition coefficient (Wildman–Crippen LogP) is 4.83. The molecule has 0 unspecified atom stereocenters.